The molecule has 0 aromatic heterocycles. The average Bonchev–Trinajstić information content (AvgIpc) is 3.58. The van der Waals surface area contributed by atoms with Crippen LogP contribution in [0.5, 0.6) is 0 Å². The molecule has 0 aliphatic carbocycles. The zero-order valence-electron chi connectivity index (χ0n) is 19.3. The molecule has 1 saturated heterocycles. The number of nitrogens with one attached hydrogen (secondary N) is 1. The van der Waals surface area contributed by atoms with Crippen molar-refractivity contribution >= 4 is 27.5 Å². The van der Waals surface area contributed by atoms with E-state index < -0.39 is 10.0 Å². The van der Waals surface area contributed by atoms with Crippen molar-refractivity contribution < 1.29 is 18.0 Å². The summed E-state index contributed by atoms with van der Waals surface area (Å²) >= 11 is 0. The molecule has 8 heteroatoms. The molecular formula is C27H27N3O4S. The van der Waals surface area contributed by atoms with Crippen molar-refractivity contribution in [3.05, 3.63) is 95.1 Å². The minimum absolute atomic E-state index is 0.0112. The molecule has 2 amide bonds. The van der Waals surface area contributed by atoms with Crippen molar-refractivity contribution in [1.82, 2.24) is 10.2 Å². The van der Waals surface area contributed by atoms with Gasteiger partial charge in [-0.15, -0.1) is 0 Å². The van der Waals surface area contributed by atoms with E-state index in [0.29, 0.717) is 24.2 Å². The summed E-state index contributed by atoms with van der Waals surface area (Å²) in [7, 11) is -3.79. The molecule has 0 saturated carbocycles. The fourth-order valence-corrected chi connectivity index (χ4v) is 6.23. The molecule has 1 N–H and O–H groups in total. The molecule has 7 nitrogen and oxygen atoms in total. The second kappa shape index (κ2) is 9.54. The Balaban J connectivity index is 1.29. The van der Waals surface area contributed by atoms with E-state index in [1.165, 1.54) is 16.4 Å². The molecule has 2 heterocycles. The van der Waals surface area contributed by atoms with E-state index >= 15 is 0 Å². The van der Waals surface area contributed by atoms with Gasteiger partial charge in [-0.1, -0.05) is 36.4 Å². The number of fused-ring (bicyclic) bond motifs is 1. The maximum absolute atomic E-state index is 13.3. The highest BCUT2D eigenvalue weighted by molar-refractivity contribution is 7.92. The Labute approximate surface area is 205 Å². The summed E-state index contributed by atoms with van der Waals surface area (Å²) in [6, 6.07) is 20.8. The first-order chi connectivity index (χ1) is 16.9. The zero-order valence-corrected chi connectivity index (χ0v) is 20.1. The van der Waals surface area contributed by atoms with Gasteiger partial charge in [-0.05, 0) is 66.8 Å². The maximum Gasteiger partial charge on any atom is 0.264 e. The number of sulfonamides is 1. The summed E-state index contributed by atoms with van der Waals surface area (Å²) in [4.78, 5) is 27.4. The lowest BCUT2D eigenvalue weighted by molar-refractivity contribution is 0.0792. The van der Waals surface area contributed by atoms with Gasteiger partial charge in [0.05, 0.1) is 10.6 Å². The van der Waals surface area contributed by atoms with Gasteiger partial charge < -0.3 is 10.2 Å². The molecule has 35 heavy (non-hydrogen) atoms. The fourth-order valence-electron chi connectivity index (χ4n) is 4.68. The molecule has 180 valence electrons. The summed E-state index contributed by atoms with van der Waals surface area (Å²) in [6.45, 7) is 2.17. The summed E-state index contributed by atoms with van der Waals surface area (Å²) in [5.41, 5.74) is 3.36. The standard InChI is InChI=1S/C27H27N3O4S/c31-26(28-19-20-7-5-10-23(17-20)27(32)29-14-3-4-15-29)22-9-6-11-24(18-22)35(33,34)30-16-13-21-8-1-2-12-25(21)30/h1-2,5-12,17-18H,3-4,13-16,19H2,(H,28,31). The van der Waals surface area contributed by atoms with Crippen molar-refractivity contribution in [1.29, 1.82) is 0 Å². The third-order valence-corrected chi connectivity index (χ3v) is 8.36. The van der Waals surface area contributed by atoms with Crippen LogP contribution in [0.1, 0.15) is 44.7 Å². The van der Waals surface area contributed by atoms with E-state index in [4.69, 9.17) is 0 Å². The van der Waals surface area contributed by atoms with Crippen LogP contribution in [0.25, 0.3) is 0 Å². The highest BCUT2D eigenvalue weighted by Gasteiger charge is 2.31. The normalized spacial score (nSPS) is 15.2. The van der Waals surface area contributed by atoms with Crippen molar-refractivity contribution in [3.63, 3.8) is 0 Å². The summed E-state index contributed by atoms with van der Waals surface area (Å²) in [5, 5.41) is 2.84. The summed E-state index contributed by atoms with van der Waals surface area (Å²) in [5.74, 6) is -0.364. The number of anilines is 1. The molecule has 0 unspecified atom stereocenters. The highest BCUT2D eigenvalue weighted by atomic mass is 32.2. The number of hydrogen-bond donors (Lipinski definition) is 1. The van der Waals surface area contributed by atoms with Crippen molar-refractivity contribution in [2.45, 2.75) is 30.7 Å². The third kappa shape index (κ3) is 4.66. The predicted molar refractivity (Wildman–Crippen MR) is 134 cm³/mol. The molecule has 2 aliphatic heterocycles. The first-order valence-electron chi connectivity index (χ1n) is 11.8. The smallest absolute Gasteiger partial charge is 0.264 e. The van der Waals surface area contributed by atoms with Crippen LogP contribution in [0.3, 0.4) is 0 Å². The number of nitrogens with zero attached hydrogens (tertiary/aromatic N) is 2. The monoisotopic (exact) mass is 489 g/mol. The Morgan fingerprint density at radius 1 is 0.829 bits per heavy atom. The van der Waals surface area contributed by atoms with Crippen LogP contribution in [0.4, 0.5) is 5.69 Å². The summed E-state index contributed by atoms with van der Waals surface area (Å²) < 4.78 is 28.0. The van der Waals surface area contributed by atoms with Gasteiger partial charge in [0.25, 0.3) is 21.8 Å². The Morgan fingerprint density at radius 2 is 1.57 bits per heavy atom. The van der Waals surface area contributed by atoms with E-state index in [1.807, 2.05) is 35.2 Å². The lowest BCUT2D eigenvalue weighted by atomic mass is 10.1. The van der Waals surface area contributed by atoms with Crippen LogP contribution in [0, 0.1) is 0 Å². The number of carbonyl (C=O) groups excluding carboxylic acids is 2. The lowest BCUT2D eigenvalue weighted by Gasteiger charge is -2.20. The van der Waals surface area contributed by atoms with Crippen LogP contribution in [-0.4, -0.2) is 44.8 Å². The Kier molecular flexibility index (Phi) is 6.30. The van der Waals surface area contributed by atoms with Crippen LogP contribution in [-0.2, 0) is 23.0 Å². The predicted octanol–water partition coefficient (Wildman–Crippen LogP) is 3.60. The van der Waals surface area contributed by atoms with Gasteiger partial charge in [-0.25, -0.2) is 8.42 Å². The summed E-state index contributed by atoms with van der Waals surface area (Å²) in [6.07, 6.45) is 2.72. The maximum atomic E-state index is 13.3. The number of likely N-dealkylation sites (tertiary alicyclic amines) is 1. The van der Waals surface area contributed by atoms with Gasteiger partial charge in [0, 0.05) is 37.3 Å². The van der Waals surface area contributed by atoms with Crippen LogP contribution in [0.15, 0.2) is 77.7 Å². The lowest BCUT2D eigenvalue weighted by Crippen LogP contribution is -2.29. The quantitative estimate of drug-likeness (QED) is 0.573. The number of benzene rings is 3. The highest BCUT2D eigenvalue weighted by Crippen LogP contribution is 2.32. The first kappa shape index (κ1) is 23.1. The first-order valence-corrected chi connectivity index (χ1v) is 13.2. The van der Waals surface area contributed by atoms with Crippen LogP contribution < -0.4 is 9.62 Å². The average molecular weight is 490 g/mol. The van der Waals surface area contributed by atoms with Crippen molar-refractivity contribution in [2.75, 3.05) is 23.9 Å². The van der Waals surface area contributed by atoms with E-state index in [-0.39, 0.29) is 28.8 Å². The Hall–Kier alpha value is -3.65. The van der Waals surface area contributed by atoms with Gasteiger partial charge in [0.2, 0.25) is 0 Å². The third-order valence-electron chi connectivity index (χ3n) is 6.55. The second-order valence-corrected chi connectivity index (χ2v) is 10.7. The van der Waals surface area contributed by atoms with Crippen molar-refractivity contribution in [2.24, 2.45) is 0 Å². The SMILES string of the molecule is O=C(NCc1cccc(C(=O)N2CCCC2)c1)c1cccc(S(=O)(=O)N2CCc3ccccc32)c1. The number of amides is 2. The zero-order chi connectivity index (χ0) is 24.4. The molecule has 0 atom stereocenters. The molecular weight excluding hydrogens is 462 g/mol. The van der Waals surface area contributed by atoms with Gasteiger partial charge >= 0.3 is 0 Å². The minimum atomic E-state index is -3.79. The van der Waals surface area contributed by atoms with Crippen molar-refractivity contribution in [3.8, 4) is 0 Å². The molecule has 3 aromatic rings. The van der Waals surface area contributed by atoms with Gasteiger partial charge in [0.1, 0.15) is 0 Å². The fraction of sp³-hybridized carbons (Fsp3) is 0.259. The van der Waals surface area contributed by atoms with Gasteiger partial charge in [0.15, 0.2) is 0 Å². The molecule has 0 spiro atoms. The molecule has 5 rings (SSSR count). The van der Waals surface area contributed by atoms with E-state index in [0.717, 1.165) is 37.1 Å². The molecule has 2 aliphatic rings. The molecule has 0 radical (unpaired) electrons. The van der Waals surface area contributed by atoms with Crippen LogP contribution >= 0.6 is 0 Å². The Bertz CT molecular complexity index is 1380. The largest absolute Gasteiger partial charge is 0.348 e. The van der Waals surface area contributed by atoms with Crippen LogP contribution in [0.2, 0.25) is 0 Å². The van der Waals surface area contributed by atoms with E-state index in [1.54, 1.807) is 30.3 Å². The van der Waals surface area contributed by atoms with E-state index in [9.17, 15) is 18.0 Å². The number of para-hydroxylation sites is 1. The molecule has 1 fully saturated rings. The Morgan fingerprint density at radius 3 is 2.40 bits per heavy atom. The topological polar surface area (TPSA) is 86.8 Å². The van der Waals surface area contributed by atoms with Gasteiger partial charge in [-0.2, -0.15) is 0 Å². The minimum Gasteiger partial charge on any atom is -0.348 e. The van der Waals surface area contributed by atoms with Gasteiger partial charge in [-0.3, -0.25) is 13.9 Å². The molecule has 0 bridgehead atoms. The number of rotatable bonds is 6. The molecule has 3 aromatic carbocycles. The second-order valence-electron chi connectivity index (χ2n) is 8.87. The number of hydrogen-bond acceptors (Lipinski definition) is 4. The van der Waals surface area contributed by atoms with E-state index in [2.05, 4.69) is 5.32 Å². The number of carbonyl (C=O) groups is 2.